The van der Waals surface area contributed by atoms with Gasteiger partial charge in [0, 0.05) is 60.0 Å². The van der Waals surface area contributed by atoms with E-state index in [1.165, 1.54) is 35.4 Å². The number of hydrogen-bond donors (Lipinski definition) is 1. The molecule has 1 atom stereocenters. The summed E-state index contributed by atoms with van der Waals surface area (Å²) >= 11 is 5.30. The van der Waals surface area contributed by atoms with Crippen LogP contribution in [0.4, 0.5) is 0 Å². The highest BCUT2D eigenvalue weighted by atomic mass is 79.9. The van der Waals surface area contributed by atoms with E-state index in [0.29, 0.717) is 0 Å². The normalized spacial score (nSPS) is 21.9. The van der Waals surface area contributed by atoms with Gasteiger partial charge in [0.2, 0.25) is 0 Å². The number of halogens is 1. The van der Waals surface area contributed by atoms with E-state index in [-0.39, 0.29) is 0 Å². The average molecular weight is 346 g/mol. The fourth-order valence-electron chi connectivity index (χ4n) is 2.55. The molecule has 1 unspecified atom stereocenters. The fourth-order valence-corrected chi connectivity index (χ4v) is 3.97. The van der Waals surface area contributed by atoms with E-state index in [4.69, 9.17) is 0 Å². The Hall–Kier alpha value is 0.0600. The van der Waals surface area contributed by atoms with Crippen LogP contribution in [0.25, 0.3) is 0 Å². The third-order valence-corrected chi connectivity index (χ3v) is 5.56. The summed E-state index contributed by atoms with van der Waals surface area (Å²) in [6, 6.07) is 2.93. The van der Waals surface area contributed by atoms with Gasteiger partial charge in [0.25, 0.3) is 0 Å². The summed E-state index contributed by atoms with van der Waals surface area (Å²) in [6.07, 6.45) is 1.25. The van der Waals surface area contributed by atoms with Gasteiger partial charge in [0.15, 0.2) is 0 Å². The van der Waals surface area contributed by atoms with Gasteiger partial charge in [-0.1, -0.05) is 6.92 Å². The van der Waals surface area contributed by atoms with Crippen LogP contribution in [-0.2, 0) is 6.54 Å². The summed E-state index contributed by atoms with van der Waals surface area (Å²) in [5.41, 5.74) is 0. The second-order valence-corrected chi connectivity index (χ2v) is 7.16. The van der Waals surface area contributed by atoms with Crippen molar-refractivity contribution in [3.05, 3.63) is 20.8 Å². The Morgan fingerprint density at radius 3 is 3.00 bits per heavy atom. The molecule has 1 aromatic rings. The largest absolute Gasteiger partial charge is 0.311 e. The maximum atomic E-state index is 3.54. The van der Waals surface area contributed by atoms with Crippen LogP contribution in [0.5, 0.6) is 0 Å². The fraction of sp³-hybridized carbons (Fsp3) is 0.714. The molecule has 1 aliphatic rings. The highest BCUT2D eigenvalue weighted by molar-refractivity contribution is 9.10. The van der Waals surface area contributed by atoms with Crippen LogP contribution < -0.4 is 5.32 Å². The zero-order valence-electron chi connectivity index (χ0n) is 11.9. The molecule has 0 saturated carbocycles. The minimum atomic E-state index is 0.738. The lowest BCUT2D eigenvalue weighted by atomic mass is 10.1. The lowest BCUT2D eigenvalue weighted by molar-refractivity contribution is 0.0939. The summed E-state index contributed by atoms with van der Waals surface area (Å²) in [7, 11) is 2.25. The second-order valence-electron chi connectivity index (χ2n) is 5.25. The molecule has 19 heavy (non-hydrogen) atoms. The van der Waals surface area contributed by atoms with Crippen LogP contribution in [0.3, 0.4) is 0 Å². The summed E-state index contributed by atoms with van der Waals surface area (Å²) in [5.74, 6) is 0. The van der Waals surface area contributed by atoms with Gasteiger partial charge < -0.3 is 10.2 Å². The maximum Gasteiger partial charge on any atom is 0.0300 e. The Morgan fingerprint density at radius 2 is 2.32 bits per heavy atom. The maximum absolute atomic E-state index is 3.54. The van der Waals surface area contributed by atoms with E-state index in [1.54, 1.807) is 0 Å². The van der Waals surface area contributed by atoms with Gasteiger partial charge in [-0.25, -0.2) is 0 Å². The first-order valence-electron chi connectivity index (χ1n) is 7.05. The second kappa shape index (κ2) is 7.74. The summed E-state index contributed by atoms with van der Waals surface area (Å²) in [5, 5.41) is 5.68. The van der Waals surface area contributed by atoms with Crippen molar-refractivity contribution in [2.75, 3.05) is 39.8 Å². The first kappa shape index (κ1) is 15.4. The van der Waals surface area contributed by atoms with E-state index < -0.39 is 0 Å². The third-order valence-electron chi connectivity index (χ3n) is 3.86. The van der Waals surface area contributed by atoms with Gasteiger partial charge in [-0.15, -0.1) is 11.3 Å². The van der Waals surface area contributed by atoms with E-state index in [1.807, 2.05) is 11.3 Å². The van der Waals surface area contributed by atoms with E-state index >= 15 is 0 Å². The number of hydrogen-bond acceptors (Lipinski definition) is 4. The molecule has 1 aromatic heterocycles. The molecule has 2 rings (SSSR count). The first-order valence-corrected chi connectivity index (χ1v) is 8.72. The Balaban J connectivity index is 1.63. The van der Waals surface area contributed by atoms with Gasteiger partial charge in [0.05, 0.1) is 0 Å². The summed E-state index contributed by atoms with van der Waals surface area (Å²) in [4.78, 5) is 6.48. The van der Waals surface area contributed by atoms with E-state index in [0.717, 1.165) is 25.7 Å². The lowest BCUT2D eigenvalue weighted by Gasteiger charge is -2.39. The molecule has 1 saturated heterocycles. The molecule has 2 heterocycles. The molecule has 0 aromatic carbocycles. The highest BCUT2D eigenvalue weighted by Crippen LogP contribution is 2.19. The molecule has 3 nitrogen and oxygen atoms in total. The Morgan fingerprint density at radius 1 is 1.47 bits per heavy atom. The number of thiophene rings is 1. The third kappa shape index (κ3) is 4.83. The predicted octanol–water partition coefficient (Wildman–Crippen LogP) is 2.63. The number of nitrogens with zero attached hydrogens (tertiary/aromatic N) is 2. The number of piperazine rings is 1. The zero-order valence-corrected chi connectivity index (χ0v) is 14.3. The van der Waals surface area contributed by atoms with Crippen LogP contribution in [-0.4, -0.2) is 55.6 Å². The smallest absolute Gasteiger partial charge is 0.0300 e. The Bertz CT molecular complexity index is 383. The molecular formula is C14H24BrN3S. The minimum absolute atomic E-state index is 0.738. The van der Waals surface area contributed by atoms with Crippen molar-refractivity contribution in [3.63, 3.8) is 0 Å². The molecule has 0 bridgehead atoms. The molecule has 0 amide bonds. The average Bonchev–Trinajstić information content (AvgIpc) is 2.82. The minimum Gasteiger partial charge on any atom is -0.311 e. The highest BCUT2D eigenvalue weighted by Gasteiger charge is 2.21. The summed E-state index contributed by atoms with van der Waals surface area (Å²) in [6.45, 7) is 9.15. The molecule has 1 N–H and O–H groups in total. The monoisotopic (exact) mass is 345 g/mol. The van der Waals surface area contributed by atoms with E-state index in [2.05, 4.69) is 56.5 Å². The van der Waals surface area contributed by atoms with Crippen LogP contribution in [0.2, 0.25) is 0 Å². The quantitative estimate of drug-likeness (QED) is 0.799. The van der Waals surface area contributed by atoms with Crippen LogP contribution in [0, 0.1) is 0 Å². The van der Waals surface area contributed by atoms with Gasteiger partial charge in [-0.2, -0.15) is 0 Å². The number of nitrogens with one attached hydrogen (secondary N) is 1. The van der Waals surface area contributed by atoms with Crippen molar-refractivity contribution < 1.29 is 0 Å². The molecule has 1 fully saturated rings. The van der Waals surface area contributed by atoms with Crippen molar-refractivity contribution in [1.29, 1.82) is 0 Å². The van der Waals surface area contributed by atoms with Gasteiger partial charge in [0.1, 0.15) is 0 Å². The van der Waals surface area contributed by atoms with Crippen molar-refractivity contribution in [3.8, 4) is 0 Å². The standard InChI is InChI=1S/C14H24BrN3S/c1-3-13-10-18(7-6-17(13)2)5-4-16-9-14-8-12(15)11-19-14/h8,11,13,16H,3-7,9-10H2,1-2H3. The van der Waals surface area contributed by atoms with Gasteiger partial charge >= 0.3 is 0 Å². The van der Waals surface area contributed by atoms with Crippen LogP contribution in [0.15, 0.2) is 15.9 Å². The Kier molecular flexibility index (Phi) is 6.29. The predicted molar refractivity (Wildman–Crippen MR) is 86.9 cm³/mol. The Labute approximate surface area is 129 Å². The lowest BCUT2D eigenvalue weighted by Crippen LogP contribution is -2.52. The van der Waals surface area contributed by atoms with Gasteiger partial charge in [-0.05, 0) is 35.5 Å². The van der Waals surface area contributed by atoms with Crippen molar-refractivity contribution in [2.24, 2.45) is 0 Å². The van der Waals surface area contributed by atoms with Gasteiger partial charge in [-0.3, -0.25) is 4.90 Å². The topological polar surface area (TPSA) is 18.5 Å². The molecule has 108 valence electrons. The van der Waals surface area contributed by atoms with Crippen molar-refractivity contribution in [1.82, 2.24) is 15.1 Å². The molecular weight excluding hydrogens is 322 g/mol. The molecule has 1 aliphatic heterocycles. The summed E-state index contributed by atoms with van der Waals surface area (Å²) < 4.78 is 1.19. The van der Waals surface area contributed by atoms with Crippen molar-refractivity contribution >= 4 is 27.3 Å². The van der Waals surface area contributed by atoms with Crippen molar-refractivity contribution in [2.45, 2.75) is 25.9 Å². The molecule has 5 heteroatoms. The molecule has 0 aliphatic carbocycles. The van der Waals surface area contributed by atoms with Crippen LogP contribution >= 0.6 is 27.3 Å². The first-order chi connectivity index (χ1) is 9.19. The zero-order chi connectivity index (χ0) is 13.7. The SMILES string of the molecule is CCC1CN(CCNCc2cc(Br)cs2)CCN1C. The van der Waals surface area contributed by atoms with E-state index in [9.17, 15) is 0 Å². The number of likely N-dealkylation sites (N-methyl/N-ethyl adjacent to an activating group) is 1. The molecule has 0 radical (unpaired) electrons. The van der Waals surface area contributed by atoms with Crippen LogP contribution in [0.1, 0.15) is 18.2 Å². The molecule has 0 spiro atoms. The number of rotatable bonds is 6.